The maximum atomic E-state index is 14.8. The molecule has 0 bridgehead atoms. The van der Waals surface area contributed by atoms with E-state index in [1.165, 1.54) is 46.9 Å². The number of carbonyl (C=O) groups excluding carboxylic acids is 12. The van der Waals surface area contributed by atoms with Crippen LogP contribution in [0.25, 0.3) is 0 Å². The zero-order valence-corrected chi connectivity index (χ0v) is 55.6. The summed E-state index contributed by atoms with van der Waals surface area (Å²) in [4.78, 5) is 176. The zero-order valence-electron chi connectivity index (χ0n) is 55.6. The monoisotopic (exact) mass is 1270 g/mol. The Morgan fingerprint density at radius 3 is 1.57 bits per heavy atom. The summed E-state index contributed by atoms with van der Waals surface area (Å²) in [6.07, 6.45) is 0.512. The third kappa shape index (κ3) is 23.3. The van der Waals surface area contributed by atoms with Crippen LogP contribution >= 0.6 is 0 Å². The minimum atomic E-state index is -1.68. The highest BCUT2D eigenvalue weighted by Gasteiger charge is 2.40. The lowest BCUT2D eigenvalue weighted by Gasteiger charge is -2.34. The van der Waals surface area contributed by atoms with E-state index in [1.54, 1.807) is 86.3 Å². The Morgan fingerprint density at radius 1 is 0.538 bits per heavy atom. The second-order valence-electron chi connectivity index (χ2n) is 25.6. The molecule has 12 amide bonds. The summed E-state index contributed by atoms with van der Waals surface area (Å²) in [5.41, 5.74) is 3.90. The number of rotatable bonds is 13. The maximum Gasteiger partial charge on any atom is 0.256 e. The number of hydrogen-bond acceptors (Lipinski definition) is 14. The first-order chi connectivity index (χ1) is 42.8. The largest absolute Gasteiger partial charge is 0.391 e. The molecule has 0 spiro atoms. The molecule has 91 heavy (non-hydrogen) atoms. The van der Waals surface area contributed by atoms with Crippen LogP contribution in [0.1, 0.15) is 132 Å². The molecule has 2 heterocycles. The number of amides is 12. The summed E-state index contributed by atoms with van der Waals surface area (Å²) in [5.74, 6) is -10.6. The Kier molecular flexibility index (Phi) is 30.0. The Labute approximate surface area is 536 Å². The van der Waals surface area contributed by atoms with Crippen LogP contribution in [-0.4, -0.2) is 203 Å². The Hall–Kier alpha value is -8.00. The molecule has 10 N–H and O–H groups in total. The quantitative estimate of drug-likeness (QED) is 0.131. The van der Waals surface area contributed by atoms with Crippen molar-refractivity contribution in [2.75, 3.05) is 40.8 Å². The lowest BCUT2D eigenvalue weighted by atomic mass is 9.96. The summed E-state index contributed by atoms with van der Waals surface area (Å²) < 4.78 is 0. The van der Waals surface area contributed by atoms with Gasteiger partial charge in [-0.05, 0) is 87.7 Å². The van der Waals surface area contributed by atoms with Crippen LogP contribution in [0.15, 0.2) is 60.7 Å². The lowest BCUT2D eigenvalue weighted by molar-refractivity contribution is -0.143. The van der Waals surface area contributed by atoms with Crippen LogP contribution in [0.2, 0.25) is 0 Å². The number of carbonyl (C=O) groups is 12. The molecule has 2 fully saturated rings. The number of hydrogen-bond donors (Lipinski definition) is 10. The van der Waals surface area contributed by atoms with E-state index in [2.05, 4.69) is 48.0 Å². The predicted octanol–water partition coefficient (Wildman–Crippen LogP) is 0.598. The van der Waals surface area contributed by atoms with Crippen LogP contribution in [-0.2, 0) is 70.4 Å². The molecule has 0 aromatic heterocycles. The van der Waals surface area contributed by atoms with Gasteiger partial charge in [0.15, 0.2) is 0 Å². The Morgan fingerprint density at radius 2 is 1.05 bits per heavy atom. The van der Waals surface area contributed by atoms with Crippen molar-refractivity contribution in [3.63, 3.8) is 0 Å². The summed E-state index contributed by atoms with van der Waals surface area (Å²) in [6.45, 7) is 18.4. The number of benzene rings is 2. The zero-order chi connectivity index (χ0) is 68.0. The van der Waals surface area contributed by atoms with Gasteiger partial charge in [-0.15, -0.1) is 0 Å². The minimum Gasteiger partial charge on any atom is -0.391 e. The van der Waals surface area contributed by atoms with E-state index < -0.39 is 162 Å². The molecular weight excluding hydrogens is 1170 g/mol. The molecule has 2 unspecified atom stereocenters. The van der Waals surface area contributed by atoms with Gasteiger partial charge >= 0.3 is 0 Å². The number of nitrogens with one attached hydrogen (secondary N) is 9. The van der Waals surface area contributed by atoms with Crippen molar-refractivity contribution in [1.29, 1.82) is 0 Å². The van der Waals surface area contributed by atoms with E-state index in [1.807, 2.05) is 34.6 Å². The first-order valence-corrected chi connectivity index (χ1v) is 31.8. The van der Waals surface area contributed by atoms with E-state index in [0.717, 1.165) is 16.2 Å². The van der Waals surface area contributed by atoms with E-state index in [0.29, 0.717) is 43.5 Å². The van der Waals surface area contributed by atoms with Crippen molar-refractivity contribution in [2.24, 2.45) is 23.7 Å². The van der Waals surface area contributed by atoms with Gasteiger partial charge in [0.25, 0.3) is 5.91 Å². The first-order valence-electron chi connectivity index (χ1n) is 31.8. The maximum absolute atomic E-state index is 14.8. The van der Waals surface area contributed by atoms with Crippen molar-refractivity contribution in [2.45, 2.75) is 200 Å². The van der Waals surface area contributed by atoms with Crippen molar-refractivity contribution < 1.29 is 62.6 Å². The smallest absolute Gasteiger partial charge is 0.256 e. The molecule has 2 aliphatic heterocycles. The third-order valence-corrected chi connectivity index (χ3v) is 16.4. The number of likely N-dealkylation sites (N-methyl/N-ethyl adjacent to an activating group) is 3. The van der Waals surface area contributed by atoms with Crippen molar-refractivity contribution in [3.8, 4) is 0 Å². The van der Waals surface area contributed by atoms with Gasteiger partial charge < -0.3 is 62.3 Å². The van der Waals surface area contributed by atoms with Crippen molar-refractivity contribution in [3.05, 3.63) is 71.8 Å². The van der Waals surface area contributed by atoms with Gasteiger partial charge in [-0.1, -0.05) is 122 Å². The molecule has 4 rings (SSSR count). The average Bonchev–Trinajstić information content (AvgIpc) is 1.66. The fourth-order valence-corrected chi connectivity index (χ4v) is 11.0. The normalized spacial score (nSPS) is 26.4. The minimum absolute atomic E-state index is 0.0732. The molecule has 0 radical (unpaired) electrons. The van der Waals surface area contributed by atoms with Gasteiger partial charge in [0.05, 0.1) is 19.1 Å². The highest BCUT2D eigenvalue weighted by atomic mass is 16.3. The molecule has 2 saturated heterocycles. The van der Waals surface area contributed by atoms with E-state index in [4.69, 9.17) is 0 Å². The Bertz CT molecular complexity index is 2820. The topological polar surface area (TPSA) is 346 Å². The van der Waals surface area contributed by atoms with Crippen LogP contribution in [0.4, 0.5) is 0 Å². The van der Waals surface area contributed by atoms with Crippen LogP contribution in [0.3, 0.4) is 0 Å². The fraction of sp³-hybridized carbons (Fsp3) is 0.631. The predicted molar refractivity (Wildman–Crippen MR) is 341 cm³/mol. The Balaban J connectivity index is 1.82. The summed E-state index contributed by atoms with van der Waals surface area (Å²) in [5, 5.41) is 33.8. The number of aliphatic hydroxyl groups is 1. The highest BCUT2D eigenvalue weighted by Crippen LogP contribution is 2.19. The summed E-state index contributed by atoms with van der Waals surface area (Å²) >= 11 is 0. The van der Waals surface area contributed by atoms with E-state index in [-0.39, 0.29) is 37.5 Å². The van der Waals surface area contributed by atoms with Crippen LogP contribution < -0.4 is 48.0 Å². The van der Waals surface area contributed by atoms with Gasteiger partial charge in [0, 0.05) is 47.1 Å². The van der Waals surface area contributed by atoms with Gasteiger partial charge in [-0.25, -0.2) is 5.01 Å². The lowest BCUT2D eigenvalue weighted by Crippen LogP contribution is -2.61. The molecular formula is C65H101N13O13. The summed E-state index contributed by atoms with van der Waals surface area (Å²) in [7, 11) is 4.15. The number of piperidine rings is 1. The number of hydrazine groups is 1. The second-order valence-corrected chi connectivity index (χ2v) is 25.6. The molecule has 0 aliphatic carbocycles. The molecule has 0 saturated carbocycles. The number of aliphatic hydroxyl groups excluding tert-OH is 1. The molecule has 2 aromatic carbocycles. The van der Waals surface area contributed by atoms with Gasteiger partial charge in [-0.3, -0.25) is 63.0 Å². The second kappa shape index (κ2) is 36.1. The van der Waals surface area contributed by atoms with Crippen molar-refractivity contribution >= 4 is 70.9 Å². The third-order valence-electron chi connectivity index (χ3n) is 16.4. The molecule has 2 aliphatic rings. The van der Waals surface area contributed by atoms with Gasteiger partial charge in [0.2, 0.25) is 65.0 Å². The van der Waals surface area contributed by atoms with Crippen LogP contribution in [0.5, 0.6) is 0 Å². The molecule has 12 atom stereocenters. The highest BCUT2D eigenvalue weighted by molar-refractivity contribution is 5.99. The first kappa shape index (κ1) is 75.5. The number of likely N-dealkylation sites (tertiary alicyclic amines) is 1. The van der Waals surface area contributed by atoms with Crippen LogP contribution in [0, 0.1) is 23.7 Å². The van der Waals surface area contributed by atoms with Crippen molar-refractivity contribution in [1.82, 2.24) is 67.7 Å². The fourth-order valence-electron chi connectivity index (χ4n) is 11.0. The van der Waals surface area contributed by atoms with E-state index in [9.17, 15) is 62.6 Å². The van der Waals surface area contributed by atoms with E-state index >= 15 is 0 Å². The standard InChI is InChI=1S/C65H101N13O13/c1-15-40(8)55-62(88)71-48(31-37(2)3)64(90)75(12)36-52(81)72-54(43(11)79)61(87)69-46(33-44-25-19-16-20-26-44)57(83)67-42(10)63(89)76(13)50(32-38(4)5)59(85)68-47(34-45-27-21-17-22-28-45)58(84)73-53(39(6)7)60(86)70-49(65(91)78-29-23-18-24-30-78)35-51(80)66-41(9)56(82)74-77(55)14/h16-17,19-22,25-28,37-43,46-50,53-55,79H,15,18,23-24,29-36H2,1-14H3,(H,66,80)(H,67,83)(H,68,85)(H,69,87)(H,70,86)(H,71,88)(H,72,81)(H,73,84)(H,74,82)/t40?,41?,42-,43+,46-,47-,48-,49-,50-,53-,54-,55-/m0/s1. The molecule has 504 valence electrons. The van der Waals surface area contributed by atoms with Gasteiger partial charge in [-0.2, -0.15) is 0 Å². The number of nitrogens with zero attached hydrogens (tertiary/aromatic N) is 4. The molecule has 26 heteroatoms. The average molecular weight is 1270 g/mol. The summed E-state index contributed by atoms with van der Waals surface area (Å²) in [6, 6.07) is 4.01. The molecule has 2 aromatic rings. The SMILES string of the molecule is CCC(C)[C@H]1C(=O)N[C@@H](CC(C)C)C(=O)N(C)CC(=O)N[C@@H]([C@@H](C)O)C(=O)N[C@@H](Cc2ccccc2)C(=O)N[C@@H](C)C(=O)N(C)[C@@H](CC(C)C)C(=O)N[C@@H](Cc2ccccc2)C(=O)N[C@@H](C(C)C)C(=O)N[C@H](C(=O)N2CCCCC2)CC(=O)NC(C)C(=O)NN1C. The van der Waals surface area contributed by atoms with Gasteiger partial charge in [0.1, 0.15) is 60.4 Å². The molecule has 26 nitrogen and oxygen atoms in total.